The number of rotatable bonds is 7. The van der Waals surface area contributed by atoms with Gasteiger partial charge in [0.2, 0.25) is 11.8 Å². The van der Waals surface area contributed by atoms with Crippen LogP contribution in [0.3, 0.4) is 0 Å². The maximum atomic E-state index is 12.4. The standard InChI is InChI=1S/C21H24N4O2/c1-4-25(5-2)18-10-8-17(9-11-18)23-20(26)13-19-15(3)27-21(24-19)16-7-6-12-22-14-16/h6-12,14H,4-5,13H2,1-3H3,(H,23,26). The molecular weight excluding hydrogens is 340 g/mol. The summed E-state index contributed by atoms with van der Waals surface area (Å²) in [4.78, 5) is 23.2. The zero-order chi connectivity index (χ0) is 19.2. The van der Waals surface area contributed by atoms with E-state index in [1.165, 1.54) is 0 Å². The van der Waals surface area contributed by atoms with Crippen LogP contribution >= 0.6 is 0 Å². The van der Waals surface area contributed by atoms with Crippen molar-refractivity contribution in [2.75, 3.05) is 23.3 Å². The summed E-state index contributed by atoms with van der Waals surface area (Å²) in [6, 6.07) is 11.6. The summed E-state index contributed by atoms with van der Waals surface area (Å²) in [6.07, 6.45) is 3.54. The molecule has 0 aliphatic heterocycles. The van der Waals surface area contributed by atoms with Gasteiger partial charge in [-0.15, -0.1) is 0 Å². The average molecular weight is 364 g/mol. The van der Waals surface area contributed by atoms with Crippen LogP contribution in [-0.4, -0.2) is 29.0 Å². The Morgan fingerprint density at radius 2 is 1.89 bits per heavy atom. The van der Waals surface area contributed by atoms with Crippen LogP contribution < -0.4 is 10.2 Å². The van der Waals surface area contributed by atoms with Crippen LogP contribution in [0.2, 0.25) is 0 Å². The summed E-state index contributed by atoms with van der Waals surface area (Å²) in [5.74, 6) is 0.993. The fourth-order valence-corrected chi connectivity index (χ4v) is 2.91. The molecule has 3 rings (SSSR count). The maximum Gasteiger partial charge on any atom is 0.230 e. The van der Waals surface area contributed by atoms with Crippen molar-refractivity contribution in [3.05, 3.63) is 60.2 Å². The lowest BCUT2D eigenvalue weighted by atomic mass is 10.2. The third kappa shape index (κ3) is 4.53. The zero-order valence-corrected chi connectivity index (χ0v) is 15.9. The van der Waals surface area contributed by atoms with E-state index in [0.29, 0.717) is 17.3 Å². The minimum absolute atomic E-state index is 0.125. The molecule has 6 heteroatoms. The number of aromatic nitrogens is 2. The van der Waals surface area contributed by atoms with Crippen LogP contribution in [0.5, 0.6) is 0 Å². The topological polar surface area (TPSA) is 71.3 Å². The Hall–Kier alpha value is -3.15. The fourth-order valence-electron chi connectivity index (χ4n) is 2.91. The van der Waals surface area contributed by atoms with Crippen molar-refractivity contribution in [3.8, 4) is 11.5 Å². The highest BCUT2D eigenvalue weighted by Gasteiger charge is 2.15. The van der Waals surface area contributed by atoms with Gasteiger partial charge in [-0.1, -0.05) is 0 Å². The van der Waals surface area contributed by atoms with E-state index >= 15 is 0 Å². The van der Waals surface area contributed by atoms with E-state index in [0.717, 1.165) is 30.0 Å². The molecule has 2 heterocycles. The molecule has 1 N–H and O–H groups in total. The number of pyridine rings is 1. The molecule has 0 aliphatic rings. The van der Waals surface area contributed by atoms with E-state index in [-0.39, 0.29) is 12.3 Å². The van der Waals surface area contributed by atoms with E-state index in [1.54, 1.807) is 12.4 Å². The Morgan fingerprint density at radius 3 is 2.52 bits per heavy atom. The molecule has 0 bridgehead atoms. The van der Waals surface area contributed by atoms with Gasteiger partial charge in [-0.2, -0.15) is 0 Å². The summed E-state index contributed by atoms with van der Waals surface area (Å²) in [6.45, 7) is 7.96. The SMILES string of the molecule is CCN(CC)c1ccc(NC(=O)Cc2nc(-c3cccnc3)oc2C)cc1. The fraction of sp³-hybridized carbons (Fsp3) is 0.286. The van der Waals surface area contributed by atoms with Crippen molar-refractivity contribution in [1.82, 2.24) is 9.97 Å². The summed E-state index contributed by atoms with van der Waals surface area (Å²) in [7, 11) is 0. The number of carbonyl (C=O) groups is 1. The molecule has 1 aromatic carbocycles. The number of hydrogen-bond donors (Lipinski definition) is 1. The van der Waals surface area contributed by atoms with Gasteiger partial charge in [0.05, 0.1) is 17.7 Å². The van der Waals surface area contributed by atoms with Gasteiger partial charge in [-0.3, -0.25) is 9.78 Å². The van der Waals surface area contributed by atoms with E-state index in [2.05, 4.69) is 34.0 Å². The summed E-state index contributed by atoms with van der Waals surface area (Å²) < 4.78 is 5.68. The zero-order valence-electron chi connectivity index (χ0n) is 15.9. The Morgan fingerprint density at radius 1 is 1.15 bits per heavy atom. The first-order valence-electron chi connectivity index (χ1n) is 9.12. The number of amides is 1. The van der Waals surface area contributed by atoms with Crippen LogP contribution in [-0.2, 0) is 11.2 Å². The highest BCUT2D eigenvalue weighted by molar-refractivity contribution is 5.92. The van der Waals surface area contributed by atoms with Gasteiger partial charge in [0, 0.05) is 36.9 Å². The molecule has 6 nitrogen and oxygen atoms in total. The molecule has 27 heavy (non-hydrogen) atoms. The van der Waals surface area contributed by atoms with Gasteiger partial charge >= 0.3 is 0 Å². The normalized spacial score (nSPS) is 10.6. The first-order chi connectivity index (χ1) is 13.1. The molecule has 0 atom stereocenters. The van der Waals surface area contributed by atoms with Crippen LogP contribution in [0.1, 0.15) is 25.3 Å². The minimum Gasteiger partial charge on any atom is -0.441 e. The van der Waals surface area contributed by atoms with E-state index < -0.39 is 0 Å². The lowest BCUT2D eigenvalue weighted by molar-refractivity contribution is -0.115. The van der Waals surface area contributed by atoms with Crippen LogP contribution in [0, 0.1) is 6.92 Å². The number of anilines is 2. The number of nitrogens with one attached hydrogen (secondary N) is 1. The predicted octanol–water partition coefficient (Wildman–Crippen LogP) is 4.07. The molecule has 0 radical (unpaired) electrons. The third-order valence-electron chi connectivity index (χ3n) is 4.41. The van der Waals surface area contributed by atoms with E-state index in [4.69, 9.17) is 4.42 Å². The summed E-state index contributed by atoms with van der Waals surface area (Å²) >= 11 is 0. The minimum atomic E-state index is -0.125. The van der Waals surface area contributed by atoms with Crippen LogP contribution in [0.25, 0.3) is 11.5 Å². The molecule has 1 amide bonds. The number of hydrogen-bond acceptors (Lipinski definition) is 5. The molecule has 0 saturated carbocycles. The second-order valence-electron chi connectivity index (χ2n) is 6.21. The van der Waals surface area contributed by atoms with E-state index in [9.17, 15) is 4.79 Å². The molecule has 0 spiro atoms. The smallest absolute Gasteiger partial charge is 0.230 e. The van der Waals surface area contributed by atoms with Crippen molar-refractivity contribution >= 4 is 17.3 Å². The molecule has 0 fully saturated rings. The average Bonchev–Trinajstić information content (AvgIpc) is 3.05. The number of benzene rings is 1. The Bertz CT molecular complexity index is 884. The van der Waals surface area contributed by atoms with Gasteiger partial charge in [0.25, 0.3) is 0 Å². The molecule has 140 valence electrons. The lowest BCUT2D eigenvalue weighted by Crippen LogP contribution is -2.21. The third-order valence-corrected chi connectivity index (χ3v) is 4.41. The lowest BCUT2D eigenvalue weighted by Gasteiger charge is -2.21. The second-order valence-corrected chi connectivity index (χ2v) is 6.21. The van der Waals surface area contributed by atoms with Crippen molar-refractivity contribution in [2.24, 2.45) is 0 Å². The Labute approximate surface area is 159 Å². The molecule has 0 aliphatic carbocycles. The number of aryl methyl sites for hydroxylation is 1. The quantitative estimate of drug-likeness (QED) is 0.684. The first-order valence-corrected chi connectivity index (χ1v) is 9.12. The molecule has 0 unspecified atom stereocenters. The van der Waals surface area contributed by atoms with Crippen molar-refractivity contribution in [2.45, 2.75) is 27.2 Å². The Kier molecular flexibility index (Phi) is 5.86. The molecule has 3 aromatic rings. The predicted molar refractivity (Wildman–Crippen MR) is 107 cm³/mol. The monoisotopic (exact) mass is 364 g/mol. The summed E-state index contributed by atoms with van der Waals surface area (Å²) in [5, 5.41) is 2.92. The Balaban J connectivity index is 1.65. The van der Waals surface area contributed by atoms with Crippen LogP contribution in [0.4, 0.5) is 11.4 Å². The molecule has 2 aromatic heterocycles. The first kappa shape index (κ1) is 18.6. The molecule has 0 saturated heterocycles. The van der Waals surface area contributed by atoms with Gasteiger partial charge in [-0.25, -0.2) is 4.98 Å². The maximum absolute atomic E-state index is 12.4. The molecular formula is C21H24N4O2. The second kappa shape index (κ2) is 8.49. The summed E-state index contributed by atoms with van der Waals surface area (Å²) in [5.41, 5.74) is 3.33. The van der Waals surface area contributed by atoms with Crippen LogP contribution in [0.15, 0.2) is 53.2 Å². The number of nitrogens with zero attached hydrogens (tertiary/aromatic N) is 3. The van der Waals surface area contributed by atoms with Gasteiger partial charge < -0.3 is 14.6 Å². The van der Waals surface area contributed by atoms with Gasteiger partial charge in [0.1, 0.15) is 5.76 Å². The highest BCUT2D eigenvalue weighted by Crippen LogP contribution is 2.22. The van der Waals surface area contributed by atoms with Crippen molar-refractivity contribution in [1.29, 1.82) is 0 Å². The largest absolute Gasteiger partial charge is 0.441 e. The van der Waals surface area contributed by atoms with E-state index in [1.807, 2.05) is 43.3 Å². The number of carbonyl (C=O) groups excluding carboxylic acids is 1. The van der Waals surface area contributed by atoms with Gasteiger partial charge in [-0.05, 0) is 57.2 Å². The van der Waals surface area contributed by atoms with Crippen molar-refractivity contribution < 1.29 is 9.21 Å². The van der Waals surface area contributed by atoms with Gasteiger partial charge in [0.15, 0.2) is 0 Å². The highest BCUT2D eigenvalue weighted by atomic mass is 16.4. The van der Waals surface area contributed by atoms with Crippen molar-refractivity contribution in [3.63, 3.8) is 0 Å². The number of oxazole rings is 1.